The van der Waals surface area contributed by atoms with Gasteiger partial charge in [-0.05, 0) is 48.9 Å². The molecule has 1 N–H and O–H groups in total. The molecule has 0 aliphatic rings. The van der Waals surface area contributed by atoms with Crippen molar-refractivity contribution in [3.8, 4) is 11.5 Å². The average molecular weight is 363 g/mol. The fraction of sp³-hybridized carbons (Fsp3) is 0.222. The van der Waals surface area contributed by atoms with Crippen LogP contribution in [0.1, 0.15) is 11.1 Å². The van der Waals surface area contributed by atoms with Gasteiger partial charge in [0, 0.05) is 16.3 Å². The zero-order chi connectivity index (χ0) is 18.2. The number of ether oxygens (including phenoxy) is 2. The molecule has 0 saturated carbocycles. The van der Waals surface area contributed by atoms with E-state index < -0.39 is 0 Å². The molecule has 0 aromatic heterocycles. The van der Waals surface area contributed by atoms with Crippen LogP contribution in [-0.2, 0) is 9.63 Å². The zero-order valence-electron chi connectivity index (χ0n) is 14.2. The number of rotatable bonds is 7. The predicted molar refractivity (Wildman–Crippen MR) is 97.9 cm³/mol. The Morgan fingerprint density at radius 2 is 2.00 bits per heavy atom. The highest BCUT2D eigenvalue weighted by atomic mass is 35.5. The van der Waals surface area contributed by atoms with E-state index in [9.17, 15) is 4.79 Å². The average Bonchev–Trinajstić information content (AvgIpc) is 2.61. The van der Waals surface area contributed by atoms with E-state index in [1.807, 2.05) is 6.92 Å². The number of hydrogen-bond acceptors (Lipinski definition) is 5. The van der Waals surface area contributed by atoms with Gasteiger partial charge in [0.25, 0.3) is 5.91 Å². The molecular formula is C18H19ClN2O4. The second kappa shape index (κ2) is 8.94. The topological polar surface area (TPSA) is 69.1 Å². The summed E-state index contributed by atoms with van der Waals surface area (Å²) < 4.78 is 10.4. The Morgan fingerprint density at radius 3 is 2.68 bits per heavy atom. The second-order valence-corrected chi connectivity index (χ2v) is 5.56. The number of benzene rings is 2. The molecule has 0 heterocycles. The molecule has 25 heavy (non-hydrogen) atoms. The van der Waals surface area contributed by atoms with Crippen LogP contribution in [-0.4, -0.2) is 32.9 Å². The van der Waals surface area contributed by atoms with E-state index in [-0.39, 0.29) is 12.5 Å². The van der Waals surface area contributed by atoms with E-state index in [0.29, 0.717) is 27.8 Å². The first-order valence-electron chi connectivity index (χ1n) is 7.47. The summed E-state index contributed by atoms with van der Waals surface area (Å²) in [5.41, 5.74) is 2.22. The van der Waals surface area contributed by atoms with Gasteiger partial charge < -0.3 is 19.6 Å². The van der Waals surface area contributed by atoms with Gasteiger partial charge in [-0.15, -0.1) is 0 Å². The highest BCUT2D eigenvalue weighted by Crippen LogP contribution is 2.22. The molecule has 0 aliphatic carbocycles. The number of nitrogens with one attached hydrogen (secondary N) is 1. The number of carbonyl (C=O) groups is 1. The van der Waals surface area contributed by atoms with Gasteiger partial charge in [-0.3, -0.25) is 4.79 Å². The smallest absolute Gasteiger partial charge is 0.265 e. The first-order chi connectivity index (χ1) is 12.0. The van der Waals surface area contributed by atoms with E-state index in [2.05, 4.69) is 10.5 Å². The fourth-order valence-electron chi connectivity index (χ4n) is 2.08. The molecule has 0 aliphatic heterocycles. The van der Waals surface area contributed by atoms with Crippen molar-refractivity contribution in [2.24, 2.45) is 5.16 Å². The number of hydrogen-bond donors (Lipinski definition) is 1. The highest BCUT2D eigenvalue weighted by molar-refractivity contribution is 6.30. The number of amides is 1. The summed E-state index contributed by atoms with van der Waals surface area (Å²) in [5, 5.41) is 7.15. The van der Waals surface area contributed by atoms with Crippen LogP contribution < -0.4 is 14.8 Å². The van der Waals surface area contributed by atoms with E-state index in [1.54, 1.807) is 50.6 Å². The lowest BCUT2D eigenvalue weighted by molar-refractivity contribution is -0.120. The number of aryl methyl sites for hydroxylation is 1. The Labute approximate surface area is 151 Å². The number of methoxy groups -OCH3 is 2. The maximum Gasteiger partial charge on any atom is 0.265 e. The summed E-state index contributed by atoms with van der Waals surface area (Å²) in [6.45, 7) is 1.64. The lowest BCUT2D eigenvalue weighted by Gasteiger charge is -2.08. The maximum atomic E-state index is 11.9. The molecule has 2 aromatic carbocycles. The van der Waals surface area contributed by atoms with Crippen LogP contribution in [0, 0.1) is 6.92 Å². The number of anilines is 1. The Balaban J connectivity index is 1.91. The Kier molecular flexibility index (Phi) is 6.65. The SMILES string of the molecule is COc1ccc(OC)c(/C=N\OCC(=O)Nc2ccc(Cl)cc2C)c1. The summed E-state index contributed by atoms with van der Waals surface area (Å²) in [6, 6.07) is 10.5. The summed E-state index contributed by atoms with van der Waals surface area (Å²) >= 11 is 5.88. The van der Waals surface area contributed by atoms with Gasteiger partial charge in [0.05, 0.1) is 20.4 Å². The van der Waals surface area contributed by atoms with Crippen LogP contribution in [0.15, 0.2) is 41.6 Å². The molecule has 0 radical (unpaired) electrons. The van der Waals surface area contributed by atoms with Crippen molar-refractivity contribution in [1.29, 1.82) is 0 Å². The van der Waals surface area contributed by atoms with Gasteiger partial charge in [0.15, 0.2) is 6.61 Å². The zero-order valence-corrected chi connectivity index (χ0v) is 15.0. The molecule has 6 nitrogen and oxygen atoms in total. The predicted octanol–water partition coefficient (Wildman–Crippen LogP) is 3.65. The monoisotopic (exact) mass is 362 g/mol. The van der Waals surface area contributed by atoms with Gasteiger partial charge in [-0.25, -0.2) is 0 Å². The Bertz CT molecular complexity index is 778. The Morgan fingerprint density at radius 1 is 1.20 bits per heavy atom. The molecule has 1 amide bonds. The third-order valence-electron chi connectivity index (χ3n) is 3.36. The van der Waals surface area contributed by atoms with Crippen LogP contribution in [0.25, 0.3) is 0 Å². The molecule has 7 heteroatoms. The van der Waals surface area contributed by atoms with Gasteiger partial charge >= 0.3 is 0 Å². The number of halogens is 1. The number of oxime groups is 1. The first-order valence-corrected chi connectivity index (χ1v) is 7.84. The van der Waals surface area contributed by atoms with Crippen LogP contribution >= 0.6 is 11.6 Å². The minimum absolute atomic E-state index is 0.217. The summed E-state index contributed by atoms with van der Waals surface area (Å²) in [6.07, 6.45) is 1.46. The molecular weight excluding hydrogens is 344 g/mol. The maximum absolute atomic E-state index is 11.9. The van der Waals surface area contributed by atoms with Crippen LogP contribution in [0.2, 0.25) is 5.02 Å². The molecule has 0 unspecified atom stereocenters. The molecule has 2 aromatic rings. The summed E-state index contributed by atoms with van der Waals surface area (Å²) in [4.78, 5) is 16.9. The standard InChI is InChI=1S/C18H19ClN2O4/c1-12-8-14(19)4-6-16(12)21-18(22)11-25-20-10-13-9-15(23-2)5-7-17(13)24-3/h4-10H,11H2,1-3H3,(H,21,22)/b20-10-. The molecule has 0 bridgehead atoms. The van der Waals surface area contributed by atoms with Crippen LogP contribution in [0.3, 0.4) is 0 Å². The molecule has 132 valence electrons. The van der Waals surface area contributed by atoms with Crippen molar-refractivity contribution < 1.29 is 19.1 Å². The van der Waals surface area contributed by atoms with Crippen molar-refractivity contribution >= 4 is 29.4 Å². The van der Waals surface area contributed by atoms with E-state index >= 15 is 0 Å². The van der Waals surface area contributed by atoms with Crippen molar-refractivity contribution in [2.75, 3.05) is 26.1 Å². The minimum Gasteiger partial charge on any atom is -0.497 e. The van der Waals surface area contributed by atoms with Crippen LogP contribution in [0.5, 0.6) is 11.5 Å². The Hall–Kier alpha value is -2.73. The van der Waals surface area contributed by atoms with Crippen molar-refractivity contribution in [3.63, 3.8) is 0 Å². The molecule has 0 fully saturated rings. The summed E-state index contributed by atoms with van der Waals surface area (Å²) in [7, 11) is 3.13. The molecule has 2 rings (SSSR count). The lowest BCUT2D eigenvalue weighted by Crippen LogP contribution is -2.17. The highest BCUT2D eigenvalue weighted by Gasteiger charge is 2.06. The largest absolute Gasteiger partial charge is 0.497 e. The van der Waals surface area contributed by atoms with Gasteiger partial charge in [-0.1, -0.05) is 16.8 Å². The minimum atomic E-state index is -0.319. The molecule has 0 spiro atoms. The lowest BCUT2D eigenvalue weighted by atomic mass is 10.2. The van der Waals surface area contributed by atoms with Gasteiger partial charge in [0.1, 0.15) is 11.5 Å². The number of nitrogens with zero attached hydrogens (tertiary/aromatic N) is 1. The fourth-order valence-corrected chi connectivity index (χ4v) is 2.31. The van der Waals surface area contributed by atoms with Crippen molar-refractivity contribution in [3.05, 3.63) is 52.5 Å². The van der Waals surface area contributed by atoms with Crippen molar-refractivity contribution in [1.82, 2.24) is 0 Å². The molecule has 0 saturated heterocycles. The summed E-state index contributed by atoms with van der Waals surface area (Å²) in [5.74, 6) is 0.966. The van der Waals surface area contributed by atoms with E-state index in [0.717, 1.165) is 5.56 Å². The number of carbonyl (C=O) groups excluding carboxylic acids is 1. The third kappa shape index (κ3) is 5.39. The van der Waals surface area contributed by atoms with E-state index in [1.165, 1.54) is 6.21 Å². The molecule has 0 atom stereocenters. The van der Waals surface area contributed by atoms with Crippen LogP contribution in [0.4, 0.5) is 5.69 Å². The second-order valence-electron chi connectivity index (χ2n) is 5.12. The van der Waals surface area contributed by atoms with E-state index in [4.69, 9.17) is 25.9 Å². The van der Waals surface area contributed by atoms with Crippen molar-refractivity contribution in [2.45, 2.75) is 6.92 Å². The van der Waals surface area contributed by atoms with Gasteiger partial charge in [-0.2, -0.15) is 0 Å². The van der Waals surface area contributed by atoms with Gasteiger partial charge in [0.2, 0.25) is 0 Å². The first kappa shape index (κ1) is 18.6. The normalized spacial score (nSPS) is 10.6. The third-order valence-corrected chi connectivity index (χ3v) is 3.60. The quantitative estimate of drug-likeness (QED) is 0.603.